The topological polar surface area (TPSA) is 56.8 Å². The highest BCUT2D eigenvalue weighted by Gasteiger charge is 2.47. The number of methoxy groups -OCH3 is 2. The molecule has 1 aliphatic heterocycles. The molecule has 1 aromatic carbocycles. The molecule has 0 aromatic heterocycles. The number of benzene rings is 1. The van der Waals surface area contributed by atoms with Crippen LogP contribution in [0.4, 0.5) is 13.6 Å². The van der Waals surface area contributed by atoms with E-state index in [1.807, 2.05) is 0 Å². The van der Waals surface area contributed by atoms with Gasteiger partial charge < -0.3 is 19.5 Å². The molecule has 19 heavy (non-hydrogen) atoms. The zero-order chi connectivity index (χ0) is 14.0. The second-order valence-electron chi connectivity index (χ2n) is 4.03. The lowest BCUT2D eigenvalue weighted by Gasteiger charge is -2.32. The Morgan fingerprint density at radius 1 is 1.32 bits per heavy atom. The molecule has 1 amide bonds. The van der Waals surface area contributed by atoms with E-state index >= 15 is 0 Å². The SMILES string of the molecule is COc1ccc([C@@H]2NC(=O)OCC2(F)F)cc1OC. The quantitative estimate of drug-likeness (QED) is 0.916. The van der Waals surface area contributed by atoms with E-state index in [9.17, 15) is 13.6 Å². The van der Waals surface area contributed by atoms with Crippen LogP contribution in [0.25, 0.3) is 0 Å². The standard InChI is InChI=1S/C12H13F2NO4/c1-17-8-4-3-7(5-9(8)18-2)10-12(13,14)6-19-11(16)15-10/h3-5,10H,6H2,1-2H3,(H,15,16)/t10-/m0/s1. The van der Waals surface area contributed by atoms with Gasteiger partial charge in [0.15, 0.2) is 18.1 Å². The average molecular weight is 273 g/mol. The van der Waals surface area contributed by atoms with Gasteiger partial charge in [-0.05, 0) is 17.7 Å². The van der Waals surface area contributed by atoms with Crippen molar-refractivity contribution in [2.45, 2.75) is 12.0 Å². The number of ether oxygens (including phenoxy) is 3. The van der Waals surface area contributed by atoms with Crippen molar-refractivity contribution in [3.8, 4) is 11.5 Å². The van der Waals surface area contributed by atoms with Crippen LogP contribution in [0.5, 0.6) is 11.5 Å². The van der Waals surface area contributed by atoms with Gasteiger partial charge in [-0.2, -0.15) is 0 Å². The molecule has 5 nitrogen and oxygen atoms in total. The largest absolute Gasteiger partial charge is 0.493 e. The van der Waals surface area contributed by atoms with Gasteiger partial charge in [-0.1, -0.05) is 6.07 Å². The van der Waals surface area contributed by atoms with E-state index in [1.54, 1.807) is 0 Å². The van der Waals surface area contributed by atoms with E-state index in [4.69, 9.17) is 9.47 Å². The summed E-state index contributed by atoms with van der Waals surface area (Å²) in [6.45, 7) is -0.947. The highest BCUT2D eigenvalue weighted by atomic mass is 19.3. The molecule has 1 aliphatic rings. The van der Waals surface area contributed by atoms with E-state index in [1.165, 1.54) is 32.4 Å². The number of hydrogen-bond acceptors (Lipinski definition) is 4. The zero-order valence-electron chi connectivity index (χ0n) is 10.4. The molecule has 1 atom stereocenters. The van der Waals surface area contributed by atoms with Gasteiger partial charge in [0.05, 0.1) is 14.2 Å². The lowest BCUT2D eigenvalue weighted by molar-refractivity contribution is -0.104. The molecular weight excluding hydrogens is 260 g/mol. The fourth-order valence-corrected chi connectivity index (χ4v) is 1.87. The molecule has 0 aliphatic carbocycles. The third kappa shape index (κ3) is 2.54. The highest BCUT2D eigenvalue weighted by Crippen LogP contribution is 2.38. The maximum Gasteiger partial charge on any atom is 0.408 e. The molecule has 1 saturated heterocycles. The summed E-state index contributed by atoms with van der Waals surface area (Å²) in [5.41, 5.74) is 0.222. The van der Waals surface area contributed by atoms with Crippen LogP contribution in [0.15, 0.2) is 18.2 Å². The monoisotopic (exact) mass is 273 g/mol. The first-order valence-corrected chi connectivity index (χ1v) is 5.51. The lowest BCUT2D eigenvalue weighted by Crippen LogP contribution is -2.49. The fourth-order valence-electron chi connectivity index (χ4n) is 1.87. The third-order valence-electron chi connectivity index (χ3n) is 2.82. The van der Waals surface area contributed by atoms with Crippen molar-refractivity contribution < 1.29 is 27.8 Å². The summed E-state index contributed by atoms with van der Waals surface area (Å²) in [7, 11) is 2.85. The number of cyclic esters (lactones) is 1. The molecule has 0 spiro atoms. The average Bonchev–Trinajstić information content (AvgIpc) is 2.40. The highest BCUT2D eigenvalue weighted by molar-refractivity contribution is 5.69. The first kappa shape index (κ1) is 13.4. The van der Waals surface area contributed by atoms with Gasteiger partial charge in [0.1, 0.15) is 6.04 Å². The van der Waals surface area contributed by atoms with Gasteiger partial charge >= 0.3 is 12.0 Å². The summed E-state index contributed by atoms with van der Waals surface area (Å²) >= 11 is 0. The lowest BCUT2D eigenvalue weighted by atomic mass is 9.99. The van der Waals surface area contributed by atoms with Crippen LogP contribution in [0.3, 0.4) is 0 Å². The first-order chi connectivity index (χ1) is 8.97. The van der Waals surface area contributed by atoms with Crippen molar-refractivity contribution in [3.63, 3.8) is 0 Å². The molecule has 1 N–H and O–H groups in total. The van der Waals surface area contributed by atoms with Crippen molar-refractivity contribution in [2.75, 3.05) is 20.8 Å². The molecule has 1 aromatic rings. The number of amides is 1. The Bertz CT molecular complexity index is 493. The summed E-state index contributed by atoms with van der Waals surface area (Å²) < 4.78 is 41.8. The summed E-state index contributed by atoms with van der Waals surface area (Å²) in [5.74, 6) is -2.45. The van der Waals surface area contributed by atoms with Crippen LogP contribution in [0.2, 0.25) is 0 Å². The Hall–Kier alpha value is -2.05. The predicted octanol–water partition coefficient (Wildman–Crippen LogP) is 2.12. The Labute approximate surface area is 108 Å². The summed E-state index contributed by atoms with van der Waals surface area (Å²) in [6.07, 6.45) is -0.870. The van der Waals surface area contributed by atoms with Gasteiger partial charge in [-0.15, -0.1) is 0 Å². The maximum absolute atomic E-state index is 13.7. The van der Waals surface area contributed by atoms with Gasteiger partial charge in [0, 0.05) is 0 Å². The number of nitrogens with one attached hydrogen (secondary N) is 1. The third-order valence-corrected chi connectivity index (χ3v) is 2.82. The predicted molar refractivity (Wildman–Crippen MR) is 61.7 cm³/mol. The normalized spacial score (nSPS) is 21.3. The van der Waals surface area contributed by atoms with Crippen LogP contribution in [-0.4, -0.2) is 32.8 Å². The Kier molecular flexibility index (Phi) is 3.46. The van der Waals surface area contributed by atoms with Crippen LogP contribution in [0, 0.1) is 0 Å². The van der Waals surface area contributed by atoms with Crippen molar-refractivity contribution in [1.82, 2.24) is 5.32 Å². The number of alkyl carbamates (subject to hydrolysis) is 1. The van der Waals surface area contributed by atoms with Crippen molar-refractivity contribution in [2.24, 2.45) is 0 Å². The van der Waals surface area contributed by atoms with E-state index in [2.05, 4.69) is 10.1 Å². The number of rotatable bonds is 3. The number of carbonyl (C=O) groups excluding carboxylic acids is 1. The Morgan fingerprint density at radius 2 is 2.00 bits per heavy atom. The molecule has 0 radical (unpaired) electrons. The van der Waals surface area contributed by atoms with Gasteiger partial charge in [0.2, 0.25) is 0 Å². The molecule has 0 unspecified atom stereocenters. The molecule has 0 bridgehead atoms. The molecule has 7 heteroatoms. The van der Waals surface area contributed by atoms with E-state index in [-0.39, 0.29) is 5.56 Å². The summed E-state index contributed by atoms with van der Waals surface area (Å²) in [4.78, 5) is 11.1. The van der Waals surface area contributed by atoms with Crippen molar-refractivity contribution in [3.05, 3.63) is 23.8 Å². The molecule has 104 valence electrons. The van der Waals surface area contributed by atoms with Gasteiger partial charge in [-0.25, -0.2) is 13.6 Å². The van der Waals surface area contributed by atoms with Crippen LogP contribution in [-0.2, 0) is 4.74 Å². The van der Waals surface area contributed by atoms with Crippen LogP contribution < -0.4 is 14.8 Å². The maximum atomic E-state index is 13.7. The van der Waals surface area contributed by atoms with E-state index in [0.29, 0.717) is 11.5 Å². The molecule has 1 heterocycles. The smallest absolute Gasteiger partial charge is 0.408 e. The fraction of sp³-hybridized carbons (Fsp3) is 0.417. The second kappa shape index (κ2) is 4.91. The summed E-state index contributed by atoms with van der Waals surface area (Å²) in [6, 6.07) is 2.91. The van der Waals surface area contributed by atoms with Crippen molar-refractivity contribution >= 4 is 6.09 Å². The van der Waals surface area contributed by atoms with E-state index < -0.39 is 24.7 Å². The minimum atomic E-state index is -3.19. The van der Waals surface area contributed by atoms with E-state index in [0.717, 1.165) is 0 Å². The number of carbonyl (C=O) groups is 1. The number of hydrogen-bond donors (Lipinski definition) is 1. The summed E-state index contributed by atoms with van der Waals surface area (Å²) in [5, 5.41) is 2.10. The minimum Gasteiger partial charge on any atom is -0.493 e. The number of alkyl halides is 2. The second-order valence-corrected chi connectivity index (χ2v) is 4.03. The van der Waals surface area contributed by atoms with Crippen molar-refractivity contribution in [1.29, 1.82) is 0 Å². The van der Waals surface area contributed by atoms with Crippen LogP contribution >= 0.6 is 0 Å². The first-order valence-electron chi connectivity index (χ1n) is 5.51. The zero-order valence-corrected chi connectivity index (χ0v) is 10.4. The molecule has 0 saturated carbocycles. The van der Waals surface area contributed by atoms with Gasteiger partial charge in [-0.3, -0.25) is 0 Å². The molecular formula is C12H13F2NO4. The Morgan fingerprint density at radius 3 is 2.63 bits per heavy atom. The molecule has 1 fully saturated rings. The van der Waals surface area contributed by atoms with Crippen LogP contribution in [0.1, 0.15) is 11.6 Å². The van der Waals surface area contributed by atoms with Gasteiger partial charge in [0.25, 0.3) is 0 Å². The molecule has 2 rings (SSSR count). The number of halogens is 2. The Balaban J connectivity index is 2.37. The minimum absolute atomic E-state index is 0.222.